The molecule has 41 heavy (non-hydrogen) atoms. The highest BCUT2D eigenvalue weighted by Gasteiger charge is 2.33. The van der Waals surface area contributed by atoms with E-state index in [1.54, 1.807) is 19.1 Å². The normalized spacial score (nSPS) is 12.7. The van der Waals surface area contributed by atoms with Crippen molar-refractivity contribution in [2.24, 2.45) is 0 Å². The Morgan fingerprint density at radius 2 is 1.44 bits per heavy atom. The van der Waals surface area contributed by atoms with E-state index in [0.29, 0.717) is 24.3 Å². The molecule has 0 radical (unpaired) electrons. The maximum atomic E-state index is 13.9. The standard InChI is InChI=1S/C30H35F2N3O5S/c1-5-21(3)33-30(37)22(4)34(19-23-7-9-24(31)10-8-23)29(36)20-35(26-13-15-27(16-14-26)40-6-2)41(38,39)28-17-11-25(32)12-18-28/h7-18,21-22H,5-6,19-20H2,1-4H3,(H,33,37)/t21-,22+/m1/s1. The van der Waals surface area contributed by atoms with Crippen LogP contribution in [0.1, 0.15) is 39.7 Å². The van der Waals surface area contributed by atoms with Gasteiger partial charge in [0.2, 0.25) is 11.8 Å². The first-order valence-corrected chi connectivity index (χ1v) is 14.8. The van der Waals surface area contributed by atoms with E-state index < -0.39 is 46.1 Å². The molecule has 3 rings (SSSR count). The molecule has 3 aromatic rings. The van der Waals surface area contributed by atoms with E-state index in [9.17, 15) is 26.8 Å². The number of nitrogens with zero attached hydrogens (tertiary/aromatic N) is 2. The quantitative estimate of drug-likeness (QED) is 0.307. The van der Waals surface area contributed by atoms with Gasteiger partial charge in [-0.15, -0.1) is 0 Å². The number of rotatable bonds is 13. The SMILES string of the molecule is CCOc1ccc(N(CC(=O)N(Cc2ccc(F)cc2)[C@@H](C)C(=O)N[C@H](C)CC)S(=O)(=O)c2ccc(F)cc2)cc1. The molecule has 0 heterocycles. The summed E-state index contributed by atoms with van der Waals surface area (Å²) in [6.07, 6.45) is 0.672. The van der Waals surface area contributed by atoms with Crippen molar-refractivity contribution in [2.45, 2.75) is 57.6 Å². The Morgan fingerprint density at radius 3 is 1.98 bits per heavy atom. The number of halogens is 2. The molecule has 0 saturated heterocycles. The lowest BCUT2D eigenvalue weighted by molar-refractivity contribution is -0.139. The van der Waals surface area contributed by atoms with Gasteiger partial charge in [-0.3, -0.25) is 13.9 Å². The minimum absolute atomic E-state index is 0.0675. The lowest BCUT2D eigenvalue weighted by atomic mass is 10.1. The Bertz CT molecular complexity index is 1420. The average molecular weight is 588 g/mol. The number of nitrogens with one attached hydrogen (secondary N) is 1. The van der Waals surface area contributed by atoms with Crippen molar-refractivity contribution in [1.29, 1.82) is 0 Å². The summed E-state index contributed by atoms with van der Waals surface area (Å²) in [5, 5.41) is 2.85. The Kier molecular flexibility index (Phi) is 10.8. The van der Waals surface area contributed by atoms with Gasteiger partial charge in [0.15, 0.2) is 0 Å². The lowest BCUT2D eigenvalue weighted by Crippen LogP contribution is -2.52. The Balaban J connectivity index is 2.02. The first-order chi connectivity index (χ1) is 19.5. The second-order valence-electron chi connectivity index (χ2n) is 9.53. The van der Waals surface area contributed by atoms with Crippen LogP contribution >= 0.6 is 0 Å². The monoisotopic (exact) mass is 587 g/mol. The Labute approximate surface area is 240 Å². The summed E-state index contributed by atoms with van der Waals surface area (Å²) in [6.45, 7) is 6.79. The molecule has 8 nitrogen and oxygen atoms in total. The van der Waals surface area contributed by atoms with Crippen molar-refractivity contribution in [3.05, 3.63) is 90.0 Å². The maximum absolute atomic E-state index is 13.9. The van der Waals surface area contributed by atoms with Crippen LogP contribution in [0.15, 0.2) is 77.7 Å². The summed E-state index contributed by atoms with van der Waals surface area (Å²) in [5.41, 5.74) is 0.724. The largest absolute Gasteiger partial charge is 0.494 e. The Hall–Kier alpha value is -3.99. The van der Waals surface area contributed by atoms with Crippen LogP contribution in [-0.2, 0) is 26.2 Å². The molecule has 0 fully saturated rings. The van der Waals surface area contributed by atoms with Gasteiger partial charge >= 0.3 is 0 Å². The summed E-state index contributed by atoms with van der Waals surface area (Å²) in [7, 11) is -4.34. The molecular formula is C30H35F2N3O5S. The number of amides is 2. The molecule has 2 atom stereocenters. The molecule has 0 spiro atoms. The number of ether oxygens (including phenoxy) is 1. The van der Waals surface area contributed by atoms with Gasteiger partial charge in [0, 0.05) is 12.6 Å². The molecule has 220 valence electrons. The van der Waals surface area contributed by atoms with Gasteiger partial charge in [-0.1, -0.05) is 19.1 Å². The van der Waals surface area contributed by atoms with Crippen molar-refractivity contribution in [1.82, 2.24) is 10.2 Å². The molecule has 11 heteroatoms. The van der Waals surface area contributed by atoms with E-state index in [1.165, 1.54) is 41.3 Å². The molecule has 0 aromatic heterocycles. The number of sulfonamides is 1. The third kappa shape index (κ3) is 8.26. The van der Waals surface area contributed by atoms with Crippen LogP contribution in [-0.4, -0.2) is 50.4 Å². The smallest absolute Gasteiger partial charge is 0.264 e. The van der Waals surface area contributed by atoms with Crippen LogP contribution in [0, 0.1) is 11.6 Å². The van der Waals surface area contributed by atoms with Gasteiger partial charge in [-0.05, 0) is 93.4 Å². The van der Waals surface area contributed by atoms with Crippen molar-refractivity contribution >= 4 is 27.5 Å². The number of hydrogen-bond donors (Lipinski definition) is 1. The third-order valence-corrected chi connectivity index (χ3v) is 8.34. The van der Waals surface area contributed by atoms with Crippen molar-refractivity contribution in [3.63, 3.8) is 0 Å². The van der Waals surface area contributed by atoms with E-state index in [1.807, 2.05) is 20.8 Å². The van der Waals surface area contributed by atoms with Crippen LogP contribution < -0.4 is 14.4 Å². The molecule has 3 aromatic carbocycles. The van der Waals surface area contributed by atoms with Gasteiger partial charge in [-0.25, -0.2) is 17.2 Å². The molecule has 2 amide bonds. The predicted molar refractivity (Wildman–Crippen MR) is 153 cm³/mol. The molecule has 0 aliphatic heterocycles. The molecule has 0 saturated carbocycles. The van der Waals surface area contributed by atoms with Crippen LogP contribution in [0.5, 0.6) is 5.75 Å². The van der Waals surface area contributed by atoms with Crippen LogP contribution in [0.3, 0.4) is 0 Å². The third-order valence-electron chi connectivity index (χ3n) is 6.55. The first-order valence-electron chi connectivity index (χ1n) is 13.3. The number of benzene rings is 3. The summed E-state index contributed by atoms with van der Waals surface area (Å²) >= 11 is 0. The zero-order valence-corrected chi connectivity index (χ0v) is 24.3. The average Bonchev–Trinajstić information content (AvgIpc) is 2.95. The van der Waals surface area contributed by atoms with Gasteiger partial charge in [0.1, 0.15) is 30.0 Å². The predicted octanol–water partition coefficient (Wildman–Crippen LogP) is 4.89. The Morgan fingerprint density at radius 1 is 0.878 bits per heavy atom. The summed E-state index contributed by atoms with van der Waals surface area (Å²) in [4.78, 5) is 28.0. The molecule has 0 unspecified atom stereocenters. The zero-order chi connectivity index (χ0) is 30.2. The summed E-state index contributed by atoms with van der Waals surface area (Å²) in [6, 6.07) is 14.8. The van der Waals surface area contributed by atoms with E-state index in [0.717, 1.165) is 28.6 Å². The van der Waals surface area contributed by atoms with Crippen LogP contribution in [0.4, 0.5) is 14.5 Å². The minimum atomic E-state index is -4.34. The van der Waals surface area contributed by atoms with Crippen molar-refractivity contribution < 1.29 is 31.5 Å². The highest BCUT2D eigenvalue weighted by atomic mass is 32.2. The van der Waals surface area contributed by atoms with Crippen LogP contribution in [0.2, 0.25) is 0 Å². The zero-order valence-electron chi connectivity index (χ0n) is 23.5. The summed E-state index contributed by atoms with van der Waals surface area (Å²) < 4.78 is 61.1. The second-order valence-corrected chi connectivity index (χ2v) is 11.4. The number of carbonyl (C=O) groups is 2. The van der Waals surface area contributed by atoms with Crippen molar-refractivity contribution in [2.75, 3.05) is 17.5 Å². The number of hydrogen-bond acceptors (Lipinski definition) is 5. The molecule has 0 aliphatic rings. The van der Waals surface area contributed by atoms with E-state index in [4.69, 9.17) is 4.74 Å². The van der Waals surface area contributed by atoms with Crippen LogP contribution in [0.25, 0.3) is 0 Å². The molecule has 0 aliphatic carbocycles. The fourth-order valence-electron chi connectivity index (χ4n) is 3.97. The lowest BCUT2D eigenvalue weighted by Gasteiger charge is -2.32. The van der Waals surface area contributed by atoms with Gasteiger partial charge < -0.3 is 15.0 Å². The second kappa shape index (κ2) is 14.1. The maximum Gasteiger partial charge on any atom is 0.264 e. The van der Waals surface area contributed by atoms with Gasteiger partial charge in [0.25, 0.3) is 10.0 Å². The van der Waals surface area contributed by atoms with Gasteiger partial charge in [-0.2, -0.15) is 0 Å². The van der Waals surface area contributed by atoms with E-state index in [-0.39, 0.29) is 23.2 Å². The fourth-order valence-corrected chi connectivity index (χ4v) is 5.39. The highest BCUT2D eigenvalue weighted by molar-refractivity contribution is 7.92. The van der Waals surface area contributed by atoms with E-state index >= 15 is 0 Å². The molecular weight excluding hydrogens is 552 g/mol. The molecule has 0 bridgehead atoms. The van der Waals surface area contributed by atoms with Crippen molar-refractivity contribution in [3.8, 4) is 5.75 Å². The molecule has 1 N–H and O–H groups in total. The highest BCUT2D eigenvalue weighted by Crippen LogP contribution is 2.27. The topological polar surface area (TPSA) is 96.0 Å². The number of anilines is 1. The fraction of sp³-hybridized carbons (Fsp3) is 0.333. The summed E-state index contributed by atoms with van der Waals surface area (Å²) in [5.74, 6) is -1.64. The minimum Gasteiger partial charge on any atom is -0.494 e. The first kappa shape index (κ1) is 31.5. The number of carbonyl (C=O) groups excluding carboxylic acids is 2. The van der Waals surface area contributed by atoms with E-state index in [2.05, 4.69) is 5.32 Å². The van der Waals surface area contributed by atoms with Gasteiger partial charge in [0.05, 0.1) is 17.2 Å².